The summed E-state index contributed by atoms with van der Waals surface area (Å²) in [5.74, 6) is -0.741. The molecule has 0 saturated carbocycles. The Morgan fingerprint density at radius 1 is 0.792 bits per heavy atom. The minimum Gasteiger partial charge on any atom is -0.481 e. The highest BCUT2D eigenvalue weighted by Crippen LogP contribution is 2.46. The standard InChI is InChI=1S/C18H37O5P/c1-2-3-4-5-8-11-14-17(24(21,22)23)15-12-9-6-7-10-13-16-18(19)20/h17H,2-16H2,1H3,(H,19,20)(H2,21,22,23). The highest BCUT2D eigenvalue weighted by Gasteiger charge is 2.27. The second-order valence-electron chi connectivity index (χ2n) is 6.85. The number of carboxylic acids is 1. The van der Waals surface area contributed by atoms with Gasteiger partial charge in [0.05, 0.1) is 5.66 Å². The van der Waals surface area contributed by atoms with Crippen LogP contribution >= 0.6 is 7.60 Å². The van der Waals surface area contributed by atoms with E-state index in [-0.39, 0.29) is 6.42 Å². The molecular weight excluding hydrogens is 327 g/mol. The van der Waals surface area contributed by atoms with Gasteiger partial charge in [-0.15, -0.1) is 0 Å². The Morgan fingerprint density at radius 3 is 1.62 bits per heavy atom. The van der Waals surface area contributed by atoms with Crippen LogP contribution in [0.3, 0.4) is 0 Å². The smallest absolute Gasteiger partial charge is 0.328 e. The van der Waals surface area contributed by atoms with Crippen LogP contribution in [0.25, 0.3) is 0 Å². The average molecular weight is 364 g/mol. The third-order valence-electron chi connectivity index (χ3n) is 4.54. The van der Waals surface area contributed by atoms with Gasteiger partial charge in [-0.3, -0.25) is 9.36 Å². The fraction of sp³-hybridized carbons (Fsp3) is 0.944. The van der Waals surface area contributed by atoms with Gasteiger partial charge >= 0.3 is 13.6 Å². The average Bonchev–Trinajstić information content (AvgIpc) is 2.49. The minimum absolute atomic E-state index is 0.235. The normalized spacial score (nSPS) is 13.1. The first-order valence-corrected chi connectivity index (χ1v) is 11.3. The topological polar surface area (TPSA) is 94.8 Å². The molecule has 0 aliphatic heterocycles. The van der Waals surface area contributed by atoms with Crippen LogP contribution in [0.2, 0.25) is 0 Å². The molecule has 0 radical (unpaired) electrons. The first-order valence-electron chi connectivity index (χ1n) is 9.65. The van der Waals surface area contributed by atoms with Crippen LogP contribution in [-0.2, 0) is 9.36 Å². The largest absolute Gasteiger partial charge is 0.481 e. The molecule has 0 aliphatic rings. The summed E-state index contributed by atoms with van der Waals surface area (Å²) >= 11 is 0. The first-order chi connectivity index (χ1) is 11.4. The van der Waals surface area contributed by atoms with Crippen LogP contribution in [-0.4, -0.2) is 26.5 Å². The molecule has 0 amide bonds. The number of carboxylic acid groups (broad SMARTS) is 1. The fourth-order valence-electron chi connectivity index (χ4n) is 3.00. The molecular formula is C18H37O5P. The van der Waals surface area contributed by atoms with Gasteiger partial charge in [-0.1, -0.05) is 77.6 Å². The monoisotopic (exact) mass is 364 g/mol. The molecule has 0 bridgehead atoms. The Balaban J connectivity index is 3.73. The van der Waals surface area contributed by atoms with Gasteiger partial charge in [-0.05, 0) is 19.3 Å². The molecule has 0 saturated heterocycles. The van der Waals surface area contributed by atoms with Crippen molar-refractivity contribution in [2.45, 2.75) is 109 Å². The van der Waals surface area contributed by atoms with E-state index in [0.717, 1.165) is 57.8 Å². The summed E-state index contributed by atoms with van der Waals surface area (Å²) in [6.07, 6.45) is 13.8. The van der Waals surface area contributed by atoms with Gasteiger partial charge < -0.3 is 14.9 Å². The molecule has 6 heteroatoms. The molecule has 0 aromatic rings. The zero-order valence-corrected chi connectivity index (χ0v) is 16.2. The molecule has 0 spiro atoms. The van der Waals surface area contributed by atoms with E-state index in [0.29, 0.717) is 12.8 Å². The van der Waals surface area contributed by atoms with Gasteiger partial charge in [0, 0.05) is 6.42 Å². The molecule has 144 valence electrons. The van der Waals surface area contributed by atoms with Crippen molar-refractivity contribution >= 4 is 13.6 Å². The van der Waals surface area contributed by atoms with Crippen molar-refractivity contribution in [1.29, 1.82) is 0 Å². The van der Waals surface area contributed by atoms with Crippen molar-refractivity contribution in [3.05, 3.63) is 0 Å². The van der Waals surface area contributed by atoms with E-state index in [1.807, 2.05) is 0 Å². The maximum absolute atomic E-state index is 11.6. The third kappa shape index (κ3) is 15.2. The fourth-order valence-corrected chi connectivity index (χ4v) is 4.04. The van der Waals surface area contributed by atoms with Crippen LogP contribution in [0, 0.1) is 0 Å². The van der Waals surface area contributed by atoms with Crippen molar-refractivity contribution in [3.8, 4) is 0 Å². The lowest BCUT2D eigenvalue weighted by Gasteiger charge is -2.18. The number of hydrogen-bond donors (Lipinski definition) is 3. The molecule has 0 aromatic heterocycles. The highest BCUT2D eigenvalue weighted by molar-refractivity contribution is 7.52. The van der Waals surface area contributed by atoms with Crippen LogP contribution in [0.1, 0.15) is 103 Å². The van der Waals surface area contributed by atoms with E-state index in [9.17, 15) is 19.1 Å². The van der Waals surface area contributed by atoms with E-state index in [2.05, 4.69) is 6.92 Å². The summed E-state index contributed by atoms with van der Waals surface area (Å²) in [4.78, 5) is 29.4. The van der Waals surface area contributed by atoms with Crippen molar-refractivity contribution in [3.63, 3.8) is 0 Å². The Hall–Kier alpha value is -0.380. The van der Waals surface area contributed by atoms with Crippen LogP contribution in [0.15, 0.2) is 0 Å². The Morgan fingerprint density at radius 2 is 1.21 bits per heavy atom. The summed E-state index contributed by atoms with van der Waals surface area (Å²) in [7, 11) is -3.98. The molecule has 1 unspecified atom stereocenters. The lowest BCUT2D eigenvalue weighted by atomic mass is 10.0. The molecule has 0 fully saturated rings. The van der Waals surface area contributed by atoms with Gasteiger partial charge in [0.2, 0.25) is 0 Å². The molecule has 0 aliphatic carbocycles. The minimum atomic E-state index is -3.98. The molecule has 3 N–H and O–H groups in total. The quantitative estimate of drug-likeness (QED) is 0.234. The molecule has 0 rings (SSSR count). The number of rotatable bonds is 17. The Labute approximate surface area is 147 Å². The van der Waals surface area contributed by atoms with Gasteiger partial charge in [0.1, 0.15) is 0 Å². The van der Waals surface area contributed by atoms with Crippen molar-refractivity contribution in [2.24, 2.45) is 0 Å². The first kappa shape index (κ1) is 23.6. The van der Waals surface area contributed by atoms with Crippen molar-refractivity contribution in [1.82, 2.24) is 0 Å². The van der Waals surface area contributed by atoms with E-state index < -0.39 is 19.2 Å². The van der Waals surface area contributed by atoms with E-state index in [1.54, 1.807) is 0 Å². The SMILES string of the molecule is CCCCCCCCC(CCCCCCCCC(=O)O)P(=O)(O)O. The zero-order chi connectivity index (χ0) is 18.3. The molecule has 1 atom stereocenters. The third-order valence-corrected chi connectivity index (χ3v) is 6.01. The van der Waals surface area contributed by atoms with Crippen LogP contribution < -0.4 is 0 Å². The van der Waals surface area contributed by atoms with E-state index in [1.165, 1.54) is 19.3 Å². The summed E-state index contributed by atoms with van der Waals surface area (Å²) in [6.45, 7) is 2.18. The van der Waals surface area contributed by atoms with E-state index >= 15 is 0 Å². The highest BCUT2D eigenvalue weighted by atomic mass is 31.2. The van der Waals surface area contributed by atoms with Crippen molar-refractivity contribution in [2.75, 3.05) is 0 Å². The maximum Gasteiger partial charge on any atom is 0.328 e. The molecule has 0 heterocycles. The predicted molar refractivity (Wildman–Crippen MR) is 98.4 cm³/mol. The van der Waals surface area contributed by atoms with Gasteiger partial charge in [-0.2, -0.15) is 0 Å². The summed E-state index contributed by atoms with van der Waals surface area (Å²) < 4.78 is 11.6. The van der Waals surface area contributed by atoms with Gasteiger partial charge in [0.15, 0.2) is 0 Å². The number of unbranched alkanes of at least 4 members (excludes halogenated alkanes) is 10. The van der Waals surface area contributed by atoms with Gasteiger partial charge in [0.25, 0.3) is 0 Å². The Bertz CT molecular complexity index is 353. The molecule has 24 heavy (non-hydrogen) atoms. The number of hydrogen-bond acceptors (Lipinski definition) is 2. The number of aliphatic carboxylic acids is 1. The number of carbonyl (C=O) groups is 1. The molecule has 0 aromatic carbocycles. The Kier molecular flexibility index (Phi) is 14.7. The lowest BCUT2D eigenvalue weighted by Crippen LogP contribution is -2.08. The lowest BCUT2D eigenvalue weighted by molar-refractivity contribution is -0.137. The summed E-state index contributed by atoms with van der Waals surface area (Å²) in [5.41, 5.74) is -0.476. The zero-order valence-electron chi connectivity index (χ0n) is 15.3. The second kappa shape index (κ2) is 14.9. The summed E-state index contributed by atoms with van der Waals surface area (Å²) in [5, 5.41) is 8.55. The van der Waals surface area contributed by atoms with Crippen LogP contribution in [0.5, 0.6) is 0 Å². The van der Waals surface area contributed by atoms with Crippen LogP contribution in [0.4, 0.5) is 0 Å². The predicted octanol–water partition coefficient (Wildman–Crippen LogP) is 5.49. The molecule has 5 nitrogen and oxygen atoms in total. The second-order valence-corrected chi connectivity index (χ2v) is 8.76. The van der Waals surface area contributed by atoms with Gasteiger partial charge in [-0.25, -0.2) is 0 Å². The maximum atomic E-state index is 11.6. The van der Waals surface area contributed by atoms with E-state index in [4.69, 9.17) is 5.11 Å². The summed E-state index contributed by atoms with van der Waals surface area (Å²) in [6, 6.07) is 0. The van der Waals surface area contributed by atoms with Crippen molar-refractivity contribution < 1.29 is 24.3 Å².